The van der Waals surface area contributed by atoms with Gasteiger partial charge in [0.1, 0.15) is 6.33 Å². The van der Waals surface area contributed by atoms with Crippen LogP contribution in [-0.4, -0.2) is 54.2 Å². The molecule has 1 fully saturated rings. The van der Waals surface area contributed by atoms with Crippen molar-refractivity contribution in [1.82, 2.24) is 19.1 Å². The second kappa shape index (κ2) is 6.26. The van der Waals surface area contributed by atoms with Crippen molar-refractivity contribution in [3.63, 3.8) is 0 Å². The van der Waals surface area contributed by atoms with E-state index in [-0.39, 0.29) is 36.0 Å². The summed E-state index contributed by atoms with van der Waals surface area (Å²) < 4.78 is 53.1. The summed E-state index contributed by atoms with van der Waals surface area (Å²) >= 11 is 0. The van der Waals surface area contributed by atoms with Crippen LogP contribution in [0.5, 0.6) is 0 Å². The summed E-state index contributed by atoms with van der Waals surface area (Å²) in [5, 5.41) is 6.55. The largest absolute Gasteiger partial charge is 0.308 e. The number of aromatic nitrogens is 3. The third-order valence-corrected chi connectivity index (χ3v) is 8.29. The molecule has 0 saturated carbocycles. The van der Waals surface area contributed by atoms with E-state index >= 15 is 0 Å². The second-order valence-corrected chi connectivity index (χ2v) is 9.75. The highest BCUT2D eigenvalue weighted by molar-refractivity contribution is 7.92. The Balaban J connectivity index is 1.76. The van der Waals surface area contributed by atoms with Crippen LogP contribution >= 0.6 is 0 Å². The number of nitrogens with zero attached hydrogens (tertiary/aromatic N) is 4. The van der Waals surface area contributed by atoms with Crippen LogP contribution in [0.1, 0.15) is 12.8 Å². The van der Waals surface area contributed by atoms with Crippen LogP contribution in [0.2, 0.25) is 0 Å². The van der Waals surface area contributed by atoms with Crippen molar-refractivity contribution >= 4 is 19.9 Å². The molecule has 2 aromatic rings. The highest BCUT2D eigenvalue weighted by Crippen LogP contribution is 2.26. The Hall–Kier alpha value is -1.78. The smallest absolute Gasteiger partial charge is 0.249 e. The maximum Gasteiger partial charge on any atom is 0.249 e. The summed E-state index contributed by atoms with van der Waals surface area (Å²) in [7, 11) is -5.63. The van der Waals surface area contributed by atoms with Crippen LogP contribution in [0.15, 0.2) is 46.7 Å². The lowest BCUT2D eigenvalue weighted by Gasteiger charge is -2.30. The molecule has 24 heavy (non-hydrogen) atoms. The Kier molecular flexibility index (Phi) is 4.45. The lowest BCUT2D eigenvalue weighted by atomic mass is 10.2. The Morgan fingerprint density at radius 2 is 1.67 bits per heavy atom. The highest BCUT2D eigenvalue weighted by atomic mass is 32.2. The summed E-state index contributed by atoms with van der Waals surface area (Å²) in [4.78, 5) is 0.222. The van der Waals surface area contributed by atoms with Crippen LogP contribution in [0, 0.1) is 0 Å². The van der Waals surface area contributed by atoms with E-state index in [1.54, 1.807) is 25.2 Å². The molecule has 0 spiro atoms. The fraction of sp³-hybridized carbons (Fsp3) is 0.429. The Labute approximate surface area is 141 Å². The van der Waals surface area contributed by atoms with Gasteiger partial charge in [-0.2, -0.15) is 4.31 Å². The topological polar surface area (TPSA) is 102 Å². The van der Waals surface area contributed by atoms with Crippen LogP contribution in [0.4, 0.5) is 0 Å². The number of hydrogen-bond acceptors (Lipinski definition) is 6. The van der Waals surface area contributed by atoms with E-state index in [1.807, 2.05) is 0 Å². The SMILES string of the molecule is Cn1cnnc1S(=O)(=O)C1CCN(S(=O)(=O)c2ccccc2)CC1. The number of aryl methyl sites for hydroxylation is 1. The first-order valence-electron chi connectivity index (χ1n) is 7.46. The average Bonchev–Trinajstić information content (AvgIpc) is 3.03. The highest BCUT2D eigenvalue weighted by Gasteiger charge is 2.37. The van der Waals surface area contributed by atoms with E-state index in [2.05, 4.69) is 10.2 Å². The van der Waals surface area contributed by atoms with Gasteiger partial charge >= 0.3 is 0 Å². The summed E-state index contributed by atoms with van der Waals surface area (Å²) in [6.45, 7) is 0.331. The van der Waals surface area contributed by atoms with Gasteiger partial charge in [0, 0.05) is 20.1 Å². The van der Waals surface area contributed by atoms with Crippen LogP contribution in [0.25, 0.3) is 0 Å². The van der Waals surface area contributed by atoms with Gasteiger partial charge < -0.3 is 4.57 Å². The molecule has 1 aliphatic heterocycles. The minimum atomic E-state index is -3.62. The lowest BCUT2D eigenvalue weighted by molar-refractivity contribution is 0.344. The van der Waals surface area contributed by atoms with Crippen molar-refractivity contribution in [3.05, 3.63) is 36.7 Å². The normalized spacial score (nSPS) is 17.9. The predicted octanol–water partition coefficient (Wildman–Crippen LogP) is 0.442. The lowest BCUT2D eigenvalue weighted by Crippen LogP contribution is -2.42. The molecule has 0 radical (unpaired) electrons. The summed E-state index contributed by atoms with van der Waals surface area (Å²) in [5.74, 6) is 0. The number of benzene rings is 1. The first-order chi connectivity index (χ1) is 11.3. The molecule has 2 heterocycles. The number of sulfone groups is 1. The van der Waals surface area contributed by atoms with Crippen LogP contribution in [-0.2, 0) is 26.9 Å². The van der Waals surface area contributed by atoms with Gasteiger partial charge in [-0.25, -0.2) is 16.8 Å². The van der Waals surface area contributed by atoms with E-state index < -0.39 is 25.1 Å². The van der Waals surface area contributed by atoms with Gasteiger partial charge in [-0.1, -0.05) is 18.2 Å². The van der Waals surface area contributed by atoms with Crippen molar-refractivity contribution in [3.8, 4) is 0 Å². The quantitative estimate of drug-likeness (QED) is 0.774. The molecule has 0 atom stereocenters. The molecule has 0 N–H and O–H groups in total. The van der Waals surface area contributed by atoms with Gasteiger partial charge in [-0.15, -0.1) is 10.2 Å². The number of hydrogen-bond donors (Lipinski definition) is 0. The molecule has 3 rings (SSSR count). The van der Waals surface area contributed by atoms with E-state index in [0.717, 1.165) is 0 Å². The Morgan fingerprint density at radius 3 is 2.21 bits per heavy atom. The molecule has 8 nitrogen and oxygen atoms in total. The monoisotopic (exact) mass is 370 g/mol. The van der Waals surface area contributed by atoms with Gasteiger partial charge in [-0.3, -0.25) is 0 Å². The standard InChI is InChI=1S/C14H18N4O4S2/c1-17-11-15-16-14(17)23(19,20)12-7-9-18(10-8-12)24(21,22)13-5-3-2-4-6-13/h2-6,11-12H,7-10H2,1H3. The molecule has 1 aliphatic rings. The van der Waals surface area contributed by atoms with Gasteiger partial charge in [0.15, 0.2) is 0 Å². The molecule has 1 aromatic carbocycles. The van der Waals surface area contributed by atoms with Gasteiger partial charge in [0.2, 0.25) is 25.0 Å². The number of rotatable bonds is 4. The minimum absolute atomic E-state index is 0.0770. The van der Waals surface area contributed by atoms with Gasteiger partial charge in [-0.05, 0) is 25.0 Å². The Morgan fingerprint density at radius 1 is 1.04 bits per heavy atom. The van der Waals surface area contributed by atoms with Gasteiger partial charge in [0.05, 0.1) is 10.1 Å². The van der Waals surface area contributed by atoms with Crippen molar-refractivity contribution in [2.75, 3.05) is 13.1 Å². The second-order valence-electron chi connectivity index (χ2n) is 5.69. The van der Waals surface area contributed by atoms with E-state index in [1.165, 1.54) is 27.3 Å². The molecule has 0 unspecified atom stereocenters. The molecule has 1 saturated heterocycles. The maximum atomic E-state index is 12.6. The Bertz CT molecular complexity index is 915. The third-order valence-electron chi connectivity index (χ3n) is 4.15. The molecule has 10 heteroatoms. The molecule has 0 bridgehead atoms. The average molecular weight is 370 g/mol. The zero-order valence-corrected chi connectivity index (χ0v) is 14.7. The zero-order valence-electron chi connectivity index (χ0n) is 13.1. The summed E-state index contributed by atoms with van der Waals surface area (Å²) in [6, 6.07) is 8.16. The molecule has 130 valence electrons. The first-order valence-corrected chi connectivity index (χ1v) is 10.5. The third kappa shape index (κ3) is 2.96. The molecule has 0 amide bonds. The zero-order chi connectivity index (χ0) is 17.4. The molecule has 0 aliphatic carbocycles. The van der Waals surface area contributed by atoms with E-state index in [9.17, 15) is 16.8 Å². The molecule has 1 aromatic heterocycles. The van der Waals surface area contributed by atoms with Gasteiger partial charge in [0.25, 0.3) is 0 Å². The fourth-order valence-corrected chi connectivity index (χ4v) is 6.03. The molecular formula is C14H18N4O4S2. The minimum Gasteiger partial charge on any atom is -0.308 e. The van der Waals surface area contributed by atoms with Crippen LogP contribution < -0.4 is 0 Å². The molecular weight excluding hydrogens is 352 g/mol. The number of piperidine rings is 1. The van der Waals surface area contributed by atoms with Crippen LogP contribution in [0.3, 0.4) is 0 Å². The van der Waals surface area contributed by atoms with Crippen molar-refractivity contribution in [1.29, 1.82) is 0 Å². The van der Waals surface area contributed by atoms with Crippen molar-refractivity contribution in [2.45, 2.75) is 28.1 Å². The van der Waals surface area contributed by atoms with Crippen molar-refractivity contribution in [2.24, 2.45) is 7.05 Å². The maximum absolute atomic E-state index is 12.6. The number of sulfonamides is 1. The summed E-state index contributed by atoms with van der Waals surface area (Å²) in [5.41, 5.74) is 0. The predicted molar refractivity (Wildman–Crippen MR) is 86.4 cm³/mol. The van der Waals surface area contributed by atoms with E-state index in [0.29, 0.717) is 0 Å². The summed E-state index contributed by atoms with van der Waals surface area (Å²) in [6.07, 6.45) is 1.81. The fourth-order valence-electron chi connectivity index (χ4n) is 2.80. The van der Waals surface area contributed by atoms with Crippen molar-refractivity contribution < 1.29 is 16.8 Å². The van der Waals surface area contributed by atoms with E-state index in [4.69, 9.17) is 0 Å². The first kappa shape index (κ1) is 17.1.